The predicted molar refractivity (Wildman–Crippen MR) is 76.7 cm³/mol. The van der Waals surface area contributed by atoms with Crippen molar-refractivity contribution in [2.75, 3.05) is 17.7 Å². The highest BCUT2D eigenvalue weighted by molar-refractivity contribution is 6.33. The van der Waals surface area contributed by atoms with Gasteiger partial charge in [-0.1, -0.05) is 11.6 Å². The van der Waals surface area contributed by atoms with Gasteiger partial charge in [-0.05, 0) is 25.1 Å². The van der Waals surface area contributed by atoms with Crippen LogP contribution in [0.4, 0.5) is 25.8 Å². The van der Waals surface area contributed by atoms with E-state index in [0.717, 1.165) is 6.07 Å². The second-order valence-electron chi connectivity index (χ2n) is 4.05. The van der Waals surface area contributed by atoms with E-state index in [0.29, 0.717) is 18.0 Å². The van der Waals surface area contributed by atoms with Gasteiger partial charge in [-0.2, -0.15) is 0 Å². The zero-order valence-electron chi connectivity index (χ0n) is 10.7. The molecule has 0 aliphatic heterocycles. The van der Waals surface area contributed by atoms with E-state index in [1.807, 2.05) is 0 Å². The van der Waals surface area contributed by atoms with Crippen LogP contribution in [0.25, 0.3) is 0 Å². The summed E-state index contributed by atoms with van der Waals surface area (Å²) in [5.74, 6) is -0.898. The van der Waals surface area contributed by atoms with Crippen LogP contribution in [0, 0.1) is 11.6 Å². The van der Waals surface area contributed by atoms with E-state index in [2.05, 4.69) is 5.32 Å². The summed E-state index contributed by atoms with van der Waals surface area (Å²) in [4.78, 5) is 0. The summed E-state index contributed by atoms with van der Waals surface area (Å²) >= 11 is 5.92. The van der Waals surface area contributed by atoms with Gasteiger partial charge < -0.3 is 15.8 Å². The van der Waals surface area contributed by atoms with E-state index in [-0.39, 0.29) is 16.5 Å². The zero-order valence-corrected chi connectivity index (χ0v) is 11.5. The molecular weight excluding hydrogens is 286 g/mol. The number of halogens is 3. The first-order valence-electron chi connectivity index (χ1n) is 5.95. The molecule has 0 bridgehead atoms. The first kappa shape index (κ1) is 14.4. The predicted octanol–water partition coefficient (Wildman–Crippen LogP) is 4.34. The highest BCUT2D eigenvalue weighted by Gasteiger charge is 2.10. The Morgan fingerprint density at radius 2 is 1.95 bits per heavy atom. The summed E-state index contributed by atoms with van der Waals surface area (Å²) in [5.41, 5.74) is 6.84. The fourth-order valence-corrected chi connectivity index (χ4v) is 1.89. The van der Waals surface area contributed by atoms with Crippen molar-refractivity contribution in [3.8, 4) is 5.75 Å². The first-order valence-corrected chi connectivity index (χ1v) is 6.33. The van der Waals surface area contributed by atoms with E-state index < -0.39 is 11.6 Å². The smallest absolute Gasteiger partial charge is 0.167 e. The van der Waals surface area contributed by atoms with E-state index in [4.69, 9.17) is 22.1 Å². The Morgan fingerprint density at radius 1 is 1.20 bits per heavy atom. The zero-order chi connectivity index (χ0) is 14.7. The average molecular weight is 299 g/mol. The van der Waals surface area contributed by atoms with Gasteiger partial charge in [0.25, 0.3) is 0 Å². The number of nitrogens with two attached hydrogens (primary N) is 1. The Morgan fingerprint density at radius 3 is 2.60 bits per heavy atom. The minimum atomic E-state index is -0.542. The molecule has 0 heterocycles. The van der Waals surface area contributed by atoms with Crippen molar-refractivity contribution in [1.29, 1.82) is 0 Å². The van der Waals surface area contributed by atoms with Crippen molar-refractivity contribution in [2.24, 2.45) is 0 Å². The van der Waals surface area contributed by atoms with Gasteiger partial charge in [0.05, 0.1) is 28.7 Å². The first-order chi connectivity index (χ1) is 9.51. The Hall–Kier alpha value is -2.01. The lowest BCUT2D eigenvalue weighted by Gasteiger charge is -2.13. The molecule has 0 saturated heterocycles. The van der Waals surface area contributed by atoms with E-state index in [1.54, 1.807) is 6.92 Å². The van der Waals surface area contributed by atoms with Crippen molar-refractivity contribution in [1.82, 2.24) is 0 Å². The number of nitrogens with one attached hydrogen (secondary N) is 1. The van der Waals surface area contributed by atoms with Crippen LogP contribution in [0.1, 0.15) is 6.92 Å². The molecule has 0 aromatic heterocycles. The van der Waals surface area contributed by atoms with E-state index in [9.17, 15) is 8.78 Å². The number of benzene rings is 2. The molecule has 2 aromatic carbocycles. The van der Waals surface area contributed by atoms with Crippen molar-refractivity contribution >= 4 is 28.7 Å². The number of anilines is 3. The highest BCUT2D eigenvalue weighted by Crippen LogP contribution is 2.33. The van der Waals surface area contributed by atoms with Crippen LogP contribution < -0.4 is 15.8 Å². The summed E-state index contributed by atoms with van der Waals surface area (Å²) in [6, 6.07) is 6.50. The molecular formula is C14H13ClF2N2O. The van der Waals surface area contributed by atoms with Crippen molar-refractivity contribution in [3.05, 3.63) is 47.0 Å². The van der Waals surface area contributed by atoms with Gasteiger partial charge in [0.2, 0.25) is 0 Å². The summed E-state index contributed by atoms with van der Waals surface area (Å²) in [7, 11) is 0. The number of hydrogen-bond donors (Lipinski definition) is 2. The van der Waals surface area contributed by atoms with Gasteiger partial charge in [-0.15, -0.1) is 0 Å². The summed E-state index contributed by atoms with van der Waals surface area (Å²) in [6.07, 6.45) is 0. The molecule has 0 fully saturated rings. The van der Waals surface area contributed by atoms with Gasteiger partial charge >= 0.3 is 0 Å². The Kier molecular flexibility index (Phi) is 4.29. The maximum absolute atomic E-state index is 13.6. The molecule has 0 atom stereocenters. The number of ether oxygens (including phenoxy) is 1. The molecule has 0 aliphatic carbocycles. The van der Waals surface area contributed by atoms with Gasteiger partial charge in [-0.25, -0.2) is 8.78 Å². The quantitative estimate of drug-likeness (QED) is 0.825. The second kappa shape index (κ2) is 5.96. The molecule has 2 aromatic rings. The lowest BCUT2D eigenvalue weighted by atomic mass is 10.2. The second-order valence-corrected chi connectivity index (χ2v) is 4.46. The molecule has 106 valence electrons. The molecule has 0 amide bonds. The molecule has 0 saturated carbocycles. The molecule has 0 unspecified atom stereocenters. The molecule has 0 radical (unpaired) electrons. The van der Waals surface area contributed by atoms with E-state index >= 15 is 0 Å². The third-order valence-corrected chi connectivity index (χ3v) is 2.92. The monoisotopic (exact) mass is 298 g/mol. The maximum Gasteiger partial charge on any atom is 0.167 e. The van der Waals surface area contributed by atoms with Crippen molar-refractivity contribution < 1.29 is 13.5 Å². The van der Waals surface area contributed by atoms with Crippen LogP contribution in [0.2, 0.25) is 5.02 Å². The normalized spacial score (nSPS) is 10.4. The summed E-state index contributed by atoms with van der Waals surface area (Å²) in [6.45, 7) is 2.08. The molecule has 2 rings (SSSR count). The van der Waals surface area contributed by atoms with Crippen LogP contribution in [0.3, 0.4) is 0 Å². The third-order valence-electron chi connectivity index (χ3n) is 2.60. The van der Waals surface area contributed by atoms with Crippen LogP contribution in [-0.2, 0) is 0 Å². The fraction of sp³-hybridized carbons (Fsp3) is 0.143. The molecule has 6 heteroatoms. The van der Waals surface area contributed by atoms with Crippen LogP contribution >= 0.6 is 11.6 Å². The molecule has 0 aliphatic rings. The molecule has 3 nitrogen and oxygen atoms in total. The number of hydrogen-bond acceptors (Lipinski definition) is 3. The van der Waals surface area contributed by atoms with Gasteiger partial charge in [0, 0.05) is 12.1 Å². The van der Waals surface area contributed by atoms with Crippen LogP contribution in [-0.4, -0.2) is 6.61 Å². The topological polar surface area (TPSA) is 47.3 Å². The van der Waals surface area contributed by atoms with E-state index in [1.165, 1.54) is 24.3 Å². The standard InChI is InChI=1S/C14H13ClF2N2O/c1-2-20-14-7-13(11(18)6-10(14)17)19-12-4-3-8(16)5-9(12)15/h3-7,19H,2,18H2,1H3. The van der Waals surface area contributed by atoms with Crippen LogP contribution in [0.5, 0.6) is 5.75 Å². The van der Waals surface area contributed by atoms with Crippen molar-refractivity contribution in [3.63, 3.8) is 0 Å². The largest absolute Gasteiger partial charge is 0.491 e. The number of nitrogen functional groups attached to an aromatic ring is 1. The highest BCUT2D eigenvalue weighted by atomic mass is 35.5. The lowest BCUT2D eigenvalue weighted by Crippen LogP contribution is -2.01. The third kappa shape index (κ3) is 3.11. The maximum atomic E-state index is 13.6. The Balaban J connectivity index is 2.35. The molecule has 20 heavy (non-hydrogen) atoms. The summed E-state index contributed by atoms with van der Waals surface area (Å²) in [5, 5.41) is 3.12. The van der Waals surface area contributed by atoms with Crippen molar-refractivity contribution in [2.45, 2.75) is 6.92 Å². The van der Waals surface area contributed by atoms with Crippen LogP contribution in [0.15, 0.2) is 30.3 Å². The fourth-order valence-electron chi connectivity index (χ4n) is 1.68. The van der Waals surface area contributed by atoms with Gasteiger partial charge in [0.15, 0.2) is 11.6 Å². The minimum absolute atomic E-state index is 0.0856. The minimum Gasteiger partial charge on any atom is -0.491 e. The molecule has 3 N–H and O–H groups in total. The summed E-state index contributed by atoms with van der Waals surface area (Å²) < 4.78 is 31.7. The van der Waals surface area contributed by atoms with Gasteiger partial charge in [0.1, 0.15) is 5.82 Å². The lowest BCUT2D eigenvalue weighted by molar-refractivity contribution is 0.322. The Bertz CT molecular complexity index is 635. The molecule has 0 spiro atoms. The van der Waals surface area contributed by atoms with Gasteiger partial charge in [-0.3, -0.25) is 0 Å². The Labute approximate surface area is 120 Å². The SMILES string of the molecule is CCOc1cc(Nc2ccc(F)cc2Cl)c(N)cc1F. The average Bonchev–Trinajstić information content (AvgIpc) is 2.38. The number of rotatable bonds is 4.